The fourth-order valence-corrected chi connectivity index (χ4v) is 1.81. The molecule has 6 heteroatoms. The first kappa shape index (κ1) is 11.3. The molecule has 0 aromatic heterocycles. The maximum atomic E-state index is 9.68. The van der Waals surface area contributed by atoms with Gasteiger partial charge in [0.05, 0.1) is 24.9 Å². The number of rotatable bonds is 2. The fraction of sp³-hybridized carbons (Fsp3) is 1.00. The molecular weight excluding hydrogens is 186 g/mol. The van der Waals surface area contributed by atoms with Crippen LogP contribution in [0.5, 0.6) is 0 Å². The summed E-state index contributed by atoms with van der Waals surface area (Å²) in [6, 6.07) is -0.377. The Labute approximate surface area is 82.1 Å². The molecule has 0 aromatic carbocycles. The lowest BCUT2D eigenvalue weighted by Gasteiger charge is -2.40. The first-order valence-electron chi connectivity index (χ1n) is 4.60. The van der Waals surface area contributed by atoms with Crippen LogP contribution in [0.2, 0.25) is 0 Å². The number of ether oxygens (including phenoxy) is 1. The van der Waals surface area contributed by atoms with Crippen molar-refractivity contribution < 1.29 is 14.9 Å². The van der Waals surface area contributed by atoms with Crippen LogP contribution in [0.25, 0.3) is 10.4 Å². The average Bonchev–Trinajstić information content (AvgIpc) is 2.18. The Hall–Kier alpha value is -0.810. The van der Waals surface area contributed by atoms with Crippen molar-refractivity contribution in [2.75, 3.05) is 6.61 Å². The van der Waals surface area contributed by atoms with E-state index >= 15 is 0 Å². The van der Waals surface area contributed by atoms with Crippen LogP contribution < -0.4 is 0 Å². The highest BCUT2D eigenvalue weighted by Gasteiger charge is 2.39. The number of aliphatic hydroxyl groups is 2. The van der Waals surface area contributed by atoms with Gasteiger partial charge in [-0.2, -0.15) is 0 Å². The zero-order valence-electron chi connectivity index (χ0n) is 8.24. The second-order valence-corrected chi connectivity index (χ2v) is 3.61. The summed E-state index contributed by atoms with van der Waals surface area (Å²) in [6.07, 6.45) is -1.64. The number of nitrogens with zero attached hydrogens (tertiary/aromatic N) is 3. The largest absolute Gasteiger partial charge is 0.394 e. The molecule has 14 heavy (non-hydrogen) atoms. The molecule has 1 fully saturated rings. The summed E-state index contributed by atoms with van der Waals surface area (Å²) in [4.78, 5) is 2.72. The molecule has 0 spiro atoms. The van der Waals surface area contributed by atoms with E-state index in [2.05, 4.69) is 10.0 Å². The molecule has 1 rings (SSSR count). The molecule has 1 aliphatic rings. The molecule has 0 amide bonds. The molecule has 1 heterocycles. The van der Waals surface area contributed by atoms with Gasteiger partial charge < -0.3 is 14.9 Å². The molecule has 0 saturated carbocycles. The van der Waals surface area contributed by atoms with Gasteiger partial charge in [0, 0.05) is 4.91 Å². The maximum absolute atomic E-state index is 9.68. The molecule has 1 saturated heterocycles. The van der Waals surface area contributed by atoms with Crippen molar-refractivity contribution in [3.8, 4) is 0 Å². The second-order valence-electron chi connectivity index (χ2n) is 3.61. The summed E-state index contributed by atoms with van der Waals surface area (Å²) in [5.74, 6) is -0.202. The van der Waals surface area contributed by atoms with Gasteiger partial charge in [0.15, 0.2) is 0 Å². The Bertz CT molecular complexity index is 242. The fourth-order valence-electron chi connectivity index (χ4n) is 1.81. The quantitative estimate of drug-likeness (QED) is 0.385. The first-order valence-corrected chi connectivity index (χ1v) is 4.60. The van der Waals surface area contributed by atoms with E-state index in [9.17, 15) is 5.11 Å². The number of hydrogen-bond acceptors (Lipinski definition) is 4. The minimum absolute atomic E-state index is 0.202. The van der Waals surface area contributed by atoms with Crippen molar-refractivity contribution in [2.24, 2.45) is 11.0 Å². The number of hydrogen-bond donors (Lipinski definition) is 2. The van der Waals surface area contributed by atoms with E-state index in [1.54, 1.807) is 13.8 Å². The second kappa shape index (κ2) is 4.61. The SMILES string of the molecule is CC1[C@H](O)C(CO)O[C@H](C)[C@H]1N=[N+]=[N-]. The highest BCUT2D eigenvalue weighted by atomic mass is 16.5. The summed E-state index contributed by atoms with van der Waals surface area (Å²) in [7, 11) is 0. The molecule has 0 aromatic rings. The third-order valence-corrected chi connectivity index (χ3v) is 2.69. The van der Waals surface area contributed by atoms with Gasteiger partial charge in [0.1, 0.15) is 6.10 Å². The molecule has 2 unspecified atom stereocenters. The van der Waals surface area contributed by atoms with E-state index in [0.29, 0.717) is 0 Å². The van der Waals surface area contributed by atoms with Crippen molar-refractivity contribution in [2.45, 2.75) is 38.2 Å². The van der Waals surface area contributed by atoms with Crippen LogP contribution in [-0.4, -0.2) is 41.2 Å². The van der Waals surface area contributed by atoms with E-state index in [4.69, 9.17) is 15.4 Å². The zero-order chi connectivity index (χ0) is 10.7. The summed E-state index contributed by atoms with van der Waals surface area (Å²) < 4.78 is 5.32. The van der Waals surface area contributed by atoms with E-state index in [-0.39, 0.29) is 24.7 Å². The van der Waals surface area contributed by atoms with Gasteiger partial charge in [-0.05, 0) is 18.4 Å². The maximum Gasteiger partial charge on any atom is 0.107 e. The summed E-state index contributed by atoms with van der Waals surface area (Å²) >= 11 is 0. The summed E-state index contributed by atoms with van der Waals surface area (Å²) in [5, 5.41) is 22.2. The van der Waals surface area contributed by atoms with Crippen molar-refractivity contribution in [3.05, 3.63) is 10.4 Å². The smallest absolute Gasteiger partial charge is 0.107 e. The van der Waals surface area contributed by atoms with Crippen LogP contribution in [-0.2, 0) is 4.74 Å². The van der Waals surface area contributed by atoms with E-state index in [1.165, 1.54) is 0 Å². The van der Waals surface area contributed by atoms with E-state index < -0.39 is 12.2 Å². The number of aliphatic hydroxyl groups excluding tert-OH is 2. The molecular formula is C8H15N3O3. The summed E-state index contributed by atoms with van der Waals surface area (Å²) in [6.45, 7) is 3.33. The Morgan fingerprint density at radius 1 is 1.50 bits per heavy atom. The molecule has 6 nitrogen and oxygen atoms in total. The molecule has 0 bridgehead atoms. The predicted octanol–water partition coefficient (Wildman–Crippen LogP) is 0.442. The summed E-state index contributed by atoms with van der Waals surface area (Å²) in [5.41, 5.74) is 8.34. The minimum Gasteiger partial charge on any atom is -0.394 e. The number of azide groups is 1. The predicted molar refractivity (Wildman–Crippen MR) is 49.5 cm³/mol. The van der Waals surface area contributed by atoms with Gasteiger partial charge in [-0.3, -0.25) is 0 Å². The van der Waals surface area contributed by atoms with Crippen molar-refractivity contribution in [1.29, 1.82) is 0 Å². The van der Waals surface area contributed by atoms with Gasteiger partial charge in [0.25, 0.3) is 0 Å². The lowest BCUT2D eigenvalue weighted by Crippen LogP contribution is -2.52. The van der Waals surface area contributed by atoms with Crippen LogP contribution in [0.15, 0.2) is 5.11 Å². The highest BCUT2D eigenvalue weighted by Crippen LogP contribution is 2.27. The molecule has 0 radical (unpaired) electrons. The van der Waals surface area contributed by atoms with Crippen LogP contribution >= 0.6 is 0 Å². The van der Waals surface area contributed by atoms with Crippen LogP contribution in [0, 0.1) is 5.92 Å². The minimum atomic E-state index is -0.785. The molecule has 5 atom stereocenters. The highest BCUT2D eigenvalue weighted by molar-refractivity contribution is 4.92. The van der Waals surface area contributed by atoms with Gasteiger partial charge >= 0.3 is 0 Å². The Morgan fingerprint density at radius 3 is 2.64 bits per heavy atom. The zero-order valence-corrected chi connectivity index (χ0v) is 8.24. The Balaban J connectivity index is 2.78. The van der Waals surface area contributed by atoms with Gasteiger partial charge in [0.2, 0.25) is 0 Å². The van der Waals surface area contributed by atoms with Crippen molar-refractivity contribution in [3.63, 3.8) is 0 Å². The lowest BCUT2D eigenvalue weighted by atomic mass is 9.87. The standard InChI is InChI=1S/C8H15N3O3/c1-4-7(10-11-9)5(2)14-6(3-12)8(4)13/h4-8,12-13H,3H2,1-2H3/t4?,5-,6?,7+,8+/m1/s1. The third kappa shape index (κ3) is 1.99. The van der Waals surface area contributed by atoms with Crippen molar-refractivity contribution >= 4 is 0 Å². The molecule has 0 aliphatic carbocycles. The molecule has 80 valence electrons. The van der Waals surface area contributed by atoms with E-state index in [0.717, 1.165) is 0 Å². The van der Waals surface area contributed by atoms with Crippen LogP contribution in [0.3, 0.4) is 0 Å². The monoisotopic (exact) mass is 201 g/mol. The van der Waals surface area contributed by atoms with Crippen LogP contribution in [0.4, 0.5) is 0 Å². The Morgan fingerprint density at radius 2 is 2.14 bits per heavy atom. The Kier molecular flexibility index (Phi) is 3.71. The lowest BCUT2D eigenvalue weighted by molar-refractivity contribution is -0.158. The van der Waals surface area contributed by atoms with Crippen molar-refractivity contribution in [1.82, 2.24) is 0 Å². The van der Waals surface area contributed by atoms with Gasteiger partial charge in [-0.25, -0.2) is 0 Å². The average molecular weight is 201 g/mol. The first-order chi connectivity index (χ1) is 6.61. The van der Waals surface area contributed by atoms with Crippen LogP contribution in [0.1, 0.15) is 13.8 Å². The van der Waals surface area contributed by atoms with Gasteiger partial charge in [-0.1, -0.05) is 12.0 Å². The topological polar surface area (TPSA) is 98.5 Å². The van der Waals surface area contributed by atoms with E-state index in [1.807, 2.05) is 0 Å². The molecule has 1 aliphatic heterocycles. The normalized spacial score (nSPS) is 43.0. The molecule has 2 N–H and O–H groups in total. The third-order valence-electron chi connectivity index (χ3n) is 2.69. The van der Waals surface area contributed by atoms with Gasteiger partial charge in [-0.15, -0.1) is 0 Å².